The number of benzene rings is 4. The molecule has 4 aromatic rings. The van der Waals surface area contributed by atoms with Gasteiger partial charge in [0.15, 0.2) is 0 Å². The number of halogens is 3. The minimum absolute atomic E-state index is 0.181. The van der Waals surface area contributed by atoms with Gasteiger partial charge in [0.1, 0.15) is 5.75 Å². The molecule has 0 radical (unpaired) electrons. The lowest BCUT2D eigenvalue weighted by Gasteiger charge is -2.45. The molecule has 2 aliphatic rings. The smallest absolute Gasteiger partial charge is 0.497 e. The van der Waals surface area contributed by atoms with Crippen molar-refractivity contribution in [1.29, 1.82) is 0 Å². The number of ether oxygens (including phenoxy) is 1. The molecule has 7 heteroatoms. The number of allylic oxidation sites excluding steroid dienone is 2. The zero-order valence-electron chi connectivity index (χ0n) is 18.6. The number of hydrogen-bond donors (Lipinski definition) is 0. The van der Waals surface area contributed by atoms with Gasteiger partial charge < -0.3 is 4.74 Å². The molecule has 1 unspecified atom stereocenters. The second-order valence-corrected chi connectivity index (χ2v) is 10.8. The van der Waals surface area contributed by atoms with Crippen molar-refractivity contribution >= 4 is 26.2 Å². The van der Waals surface area contributed by atoms with E-state index < -0.39 is 25.7 Å². The SMILES string of the molecule is COc1ccc(C2=C(S(=O)(=O)C(F)(F)F)CC23c2ccccc2-c2ccc4ccccc4c23)cc1. The first-order valence-electron chi connectivity index (χ1n) is 11.0. The minimum Gasteiger partial charge on any atom is -0.497 e. The molecule has 1 atom stereocenters. The Hall–Kier alpha value is -3.58. The Kier molecular flexibility index (Phi) is 4.52. The fourth-order valence-electron chi connectivity index (χ4n) is 5.71. The summed E-state index contributed by atoms with van der Waals surface area (Å²) in [5.74, 6) is 0.528. The molecule has 6 rings (SSSR count). The van der Waals surface area contributed by atoms with Gasteiger partial charge >= 0.3 is 5.51 Å². The number of rotatable bonds is 3. The lowest BCUT2D eigenvalue weighted by Crippen LogP contribution is -2.42. The van der Waals surface area contributed by atoms with E-state index in [1.165, 1.54) is 7.11 Å². The van der Waals surface area contributed by atoms with Crippen LogP contribution in [0.3, 0.4) is 0 Å². The van der Waals surface area contributed by atoms with E-state index in [1.54, 1.807) is 24.3 Å². The predicted octanol–water partition coefficient (Wildman–Crippen LogP) is 6.86. The summed E-state index contributed by atoms with van der Waals surface area (Å²) in [5, 5.41) is 1.84. The van der Waals surface area contributed by atoms with E-state index in [-0.39, 0.29) is 12.0 Å². The summed E-state index contributed by atoms with van der Waals surface area (Å²) in [7, 11) is -4.03. The highest BCUT2D eigenvalue weighted by Crippen LogP contribution is 2.67. The van der Waals surface area contributed by atoms with Gasteiger partial charge in [-0.05, 0) is 56.3 Å². The Morgan fingerprint density at radius 2 is 1.51 bits per heavy atom. The molecular formula is C28H19F3O3S. The van der Waals surface area contributed by atoms with Crippen molar-refractivity contribution in [3.63, 3.8) is 0 Å². The lowest BCUT2D eigenvalue weighted by atomic mass is 9.60. The third-order valence-corrected chi connectivity index (χ3v) is 8.78. The summed E-state index contributed by atoms with van der Waals surface area (Å²) < 4.78 is 72.1. The van der Waals surface area contributed by atoms with E-state index in [9.17, 15) is 21.6 Å². The van der Waals surface area contributed by atoms with E-state index in [2.05, 4.69) is 0 Å². The van der Waals surface area contributed by atoms with Crippen molar-refractivity contribution in [2.75, 3.05) is 7.11 Å². The van der Waals surface area contributed by atoms with Crippen LogP contribution in [0.2, 0.25) is 0 Å². The van der Waals surface area contributed by atoms with Crippen molar-refractivity contribution in [3.05, 3.63) is 107 Å². The molecule has 4 aromatic carbocycles. The molecular weight excluding hydrogens is 473 g/mol. The first kappa shape index (κ1) is 21.9. The Labute approximate surface area is 200 Å². The summed E-state index contributed by atoms with van der Waals surface area (Å²) >= 11 is 0. The first-order chi connectivity index (χ1) is 16.7. The topological polar surface area (TPSA) is 43.4 Å². The van der Waals surface area contributed by atoms with Crippen LogP contribution in [0.5, 0.6) is 5.75 Å². The van der Waals surface area contributed by atoms with E-state index in [0.717, 1.165) is 33.0 Å². The maximum atomic E-state index is 13.8. The van der Waals surface area contributed by atoms with Gasteiger partial charge in [-0.25, -0.2) is 8.42 Å². The third kappa shape index (κ3) is 2.82. The van der Waals surface area contributed by atoms with Crippen molar-refractivity contribution < 1.29 is 26.3 Å². The van der Waals surface area contributed by atoms with Crippen LogP contribution in [-0.2, 0) is 15.3 Å². The van der Waals surface area contributed by atoms with Crippen LogP contribution in [0.25, 0.3) is 27.5 Å². The first-order valence-corrected chi connectivity index (χ1v) is 12.5. The van der Waals surface area contributed by atoms with E-state index >= 15 is 0 Å². The van der Waals surface area contributed by atoms with Crippen molar-refractivity contribution in [1.82, 2.24) is 0 Å². The normalized spacial score (nSPS) is 19.0. The van der Waals surface area contributed by atoms with Crippen LogP contribution < -0.4 is 4.74 Å². The number of alkyl halides is 3. The molecule has 0 saturated carbocycles. The van der Waals surface area contributed by atoms with Crippen LogP contribution in [-0.4, -0.2) is 21.0 Å². The summed E-state index contributed by atoms with van der Waals surface area (Å²) in [6, 6.07) is 25.8. The fraction of sp³-hybridized carbons (Fsp3) is 0.143. The highest BCUT2D eigenvalue weighted by molar-refractivity contribution is 7.96. The zero-order valence-corrected chi connectivity index (χ0v) is 19.4. The highest BCUT2D eigenvalue weighted by Gasteiger charge is 2.61. The molecule has 0 bridgehead atoms. The molecule has 0 N–H and O–H groups in total. The van der Waals surface area contributed by atoms with Crippen molar-refractivity contribution in [2.45, 2.75) is 17.3 Å². The molecule has 0 fully saturated rings. The molecule has 0 heterocycles. The van der Waals surface area contributed by atoms with Gasteiger partial charge in [-0.1, -0.05) is 72.8 Å². The van der Waals surface area contributed by atoms with Crippen LogP contribution in [0.4, 0.5) is 13.2 Å². The highest BCUT2D eigenvalue weighted by atomic mass is 32.2. The Bertz CT molecular complexity index is 1650. The molecule has 2 aliphatic carbocycles. The zero-order chi connectivity index (χ0) is 24.6. The Morgan fingerprint density at radius 3 is 2.23 bits per heavy atom. The van der Waals surface area contributed by atoms with Gasteiger partial charge in [0.05, 0.1) is 17.4 Å². The second-order valence-electron chi connectivity index (χ2n) is 8.81. The van der Waals surface area contributed by atoms with Gasteiger partial charge in [0.25, 0.3) is 9.84 Å². The Balaban J connectivity index is 1.75. The fourth-order valence-corrected chi connectivity index (χ4v) is 6.95. The van der Waals surface area contributed by atoms with Crippen LogP contribution >= 0.6 is 0 Å². The molecule has 3 nitrogen and oxygen atoms in total. The molecule has 0 aromatic heterocycles. The summed E-state index contributed by atoms with van der Waals surface area (Å²) in [5.41, 5.74) is -2.31. The van der Waals surface area contributed by atoms with Crippen LogP contribution in [0.1, 0.15) is 23.1 Å². The third-order valence-electron chi connectivity index (χ3n) is 7.17. The maximum absolute atomic E-state index is 13.8. The average Bonchev–Trinajstić information content (AvgIpc) is 3.15. The summed E-state index contributed by atoms with van der Waals surface area (Å²) in [6.07, 6.45) is -0.256. The van der Waals surface area contributed by atoms with Gasteiger partial charge in [-0.15, -0.1) is 0 Å². The average molecular weight is 493 g/mol. The van der Waals surface area contributed by atoms with Gasteiger partial charge in [-0.2, -0.15) is 13.2 Å². The van der Waals surface area contributed by atoms with Gasteiger partial charge in [0, 0.05) is 6.42 Å². The molecule has 0 amide bonds. The predicted molar refractivity (Wildman–Crippen MR) is 130 cm³/mol. The molecule has 0 saturated heterocycles. The van der Waals surface area contributed by atoms with E-state index in [1.807, 2.05) is 60.7 Å². The summed E-state index contributed by atoms with van der Waals surface area (Å²) in [4.78, 5) is -0.578. The maximum Gasteiger partial charge on any atom is 0.501 e. The number of fused-ring (bicyclic) bond motifs is 7. The lowest BCUT2D eigenvalue weighted by molar-refractivity contribution is -0.0428. The second kappa shape index (κ2) is 7.21. The number of sulfone groups is 1. The van der Waals surface area contributed by atoms with Crippen molar-refractivity contribution in [3.8, 4) is 16.9 Å². The van der Waals surface area contributed by atoms with E-state index in [4.69, 9.17) is 4.74 Å². The molecule has 176 valence electrons. The van der Waals surface area contributed by atoms with Gasteiger partial charge in [0.2, 0.25) is 0 Å². The monoisotopic (exact) mass is 492 g/mol. The quantitative estimate of drug-likeness (QED) is 0.314. The number of methoxy groups -OCH3 is 1. The van der Waals surface area contributed by atoms with E-state index in [0.29, 0.717) is 11.3 Å². The standard InChI is InChI=1S/C28H19F3O3S/c1-34-19-13-10-18(11-14-19)25-24(35(32,33)28(29,30)31)16-27(25)23-9-5-4-8-21(23)22-15-12-17-6-2-3-7-20(17)26(22)27/h2-15H,16H2,1H3. The van der Waals surface area contributed by atoms with Gasteiger partial charge in [-0.3, -0.25) is 0 Å². The molecule has 1 spiro atoms. The molecule has 0 aliphatic heterocycles. The van der Waals surface area contributed by atoms with Crippen LogP contribution in [0, 0.1) is 0 Å². The Morgan fingerprint density at radius 1 is 0.829 bits per heavy atom. The van der Waals surface area contributed by atoms with Crippen molar-refractivity contribution in [2.24, 2.45) is 0 Å². The molecule has 35 heavy (non-hydrogen) atoms. The van der Waals surface area contributed by atoms with Crippen LogP contribution in [0.15, 0.2) is 89.8 Å². The summed E-state index contributed by atoms with van der Waals surface area (Å²) in [6.45, 7) is 0. The number of hydrogen-bond acceptors (Lipinski definition) is 3. The largest absolute Gasteiger partial charge is 0.501 e. The minimum atomic E-state index is -5.53.